The Morgan fingerprint density at radius 1 is 1.00 bits per heavy atom. The number of ketones is 1. The minimum atomic E-state index is 0.00376. The number of fused-ring (bicyclic) bond motifs is 1. The molecule has 0 unspecified atom stereocenters. The van der Waals surface area contributed by atoms with E-state index >= 15 is 0 Å². The second-order valence-electron chi connectivity index (χ2n) is 7.52. The van der Waals surface area contributed by atoms with Crippen LogP contribution in [0.5, 0.6) is 0 Å². The van der Waals surface area contributed by atoms with Crippen molar-refractivity contribution in [3.63, 3.8) is 0 Å². The molecule has 4 rings (SSSR count). The molecule has 0 atom stereocenters. The highest BCUT2D eigenvalue weighted by Crippen LogP contribution is 2.25. The molecule has 3 aromatic rings. The van der Waals surface area contributed by atoms with E-state index in [0.717, 1.165) is 29.3 Å². The monoisotopic (exact) mass is 360 g/mol. The zero-order chi connectivity index (χ0) is 19.0. The van der Waals surface area contributed by atoms with Crippen LogP contribution in [0.3, 0.4) is 0 Å². The topological polar surface area (TPSA) is 53.2 Å². The van der Waals surface area contributed by atoms with Crippen molar-refractivity contribution in [3.8, 4) is 0 Å². The van der Waals surface area contributed by atoms with E-state index in [1.165, 1.54) is 11.1 Å². The van der Waals surface area contributed by atoms with Crippen molar-refractivity contribution in [2.24, 2.45) is 5.92 Å². The van der Waals surface area contributed by atoms with Gasteiger partial charge in [-0.15, -0.1) is 0 Å². The number of hydrogen-bond donors (Lipinski definition) is 1. The molecule has 1 fully saturated rings. The Kier molecular flexibility index (Phi) is 4.56. The van der Waals surface area contributed by atoms with Gasteiger partial charge in [-0.3, -0.25) is 9.59 Å². The maximum atomic E-state index is 12.9. The van der Waals surface area contributed by atoms with Gasteiger partial charge in [0, 0.05) is 35.5 Å². The first-order valence-corrected chi connectivity index (χ1v) is 9.51. The van der Waals surface area contributed by atoms with E-state index in [2.05, 4.69) is 31.0 Å². The number of carbonyl (C=O) groups excluding carboxylic acids is 2. The summed E-state index contributed by atoms with van der Waals surface area (Å²) < 4.78 is 0. The molecule has 1 amide bonds. The molecular formula is C23H24N2O2. The fraction of sp³-hybridized carbons (Fsp3) is 0.304. The van der Waals surface area contributed by atoms with Crippen LogP contribution < -0.4 is 0 Å². The van der Waals surface area contributed by atoms with Gasteiger partial charge in [-0.2, -0.15) is 0 Å². The quantitative estimate of drug-likeness (QED) is 0.698. The zero-order valence-corrected chi connectivity index (χ0v) is 15.8. The lowest BCUT2D eigenvalue weighted by molar-refractivity contribution is 0.0646. The maximum absolute atomic E-state index is 12.9. The Hall–Kier alpha value is -2.88. The highest BCUT2D eigenvalue weighted by atomic mass is 16.2. The van der Waals surface area contributed by atoms with Crippen molar-refractivity contribution < 1.29 is 9.59 Å². The Balaban J connectivity index is 1.46. The molecule has 0 radical (unpaired) electrons. The summed E-state index contributed by atoms with van der Waals surface area (Å²) in [4.78, 5) is 30.7. The zero-order valence-electron chi connectivity index (χ0n) is 15.8. The molecule has 0 aliphatic carbocycles. The summed E-state index contributed by atoms with van der Waals surface area (Å²) in [7, 11) is 0. The Morgan fingerprint density at radius 3 is 2.41 bits per heavy atom. The third kappa shape index (κ3) is 3.39. The number of Topliss-reactive ketones (excluding diaryl/α,β-unsaturated/α-hetero) is 1. The largest absolute Gasteiger partial charge is 0.351 e. The summed E-state index contributed by atoms with van der Waals surface area (Å²) in [5.41, 5.74) is 4.76. The van der Waals surface area contributed by atoms with Crippen LogP contribution in [-0.2, 0) is 0 Å². The number of benzene rings is 2. The predicted octanol–water partition coefficient (Wildman–Crippen LogP) is 4.52. The number of aromatic nitrogens is 1. The molecule has 4 nitrogen and oxygen atoms in total. The second kappa shape index (κ2) is 7.03. The lowest BCUT2D eigenvalue weighted by atomic mass is 9.89. The highest BCUT2D eigenvalue weighted by Gasteiger charge is 2.29. The van der Waals surface area contributed by atoms with E-state index in [4.69, 9.17) is 0 Å². The van der Waals surface area contributed by atoms with Gasteiger partial charge in [-0.05, 0) is 49.9 Å². The van der Waals surface area contributed by atoms with Gasteiger partial charge in [0.2, 0.25) is 0 Å². The fourth-order valence-electron chi connectivity index (χ4n) is 4.07. The molecule has 4 heteroatoms. The van der Waals surface area contributed by atoms with Gasteiger partial charge in [0.25, 0.3) is 5.91 Å². The Labute approximate surface area is 159 Å². The van der Waals surface area contributed by atoms with E-state index in [0.29, 0.717) is 18.8 Å². The molecule has 1 aliphatic heterocycles. The molecule has 1 aromatic heterocycles. The van der Waals surface area contributed by atoms with Gasteiger partial charge in [-0.1, -0.05) is 36.4 Å². The van der Waals surface area contributed by atoms with Crippen LogP contribution in [0.4, 0.5) is 0 Å². The number of amides is 1. The number of nitrogens with zero attached hydrogens (tertiary/aromatic N) is 1. The van der Waals surface area contributed by atoms with Gasteiger partial charge >= 0.3 is 0 Å². The van der Waals surface area contributed by atoms with Crippen molar-refractivity contribution in [2.45, 2.75) is 26.7 Å². The number of H-pyrrole nitrogens is 1. The summed E-state index contributed by atoms with van der Waals surface area (Å²) in [6.45, 7) is 5.37. The number of nitrogens with one attached hydrogen (secondary N) is 1. The van der Waals surface area contributed by atoms with Gasteiger partial charge in [0.15, 0.2) is 5.78 Å². The van der Waals surface area contributed by atoms with Crippen LogP contribution >= 0.6 is 0 Å². The van der Waals surface area contributed by atoms with Crippen LogP contribution in [0.2, 0.25) is 0 Å². The summed E-state index contributed by atoms with van der Waals surface area (Å²) in [5.74, 6) is 0.220. The first-order chi connectivity index (χ1) is 13.0. The standard InChI is InChI=1S/C23H24N2O2/c1-15-12-16(2)19-14-21(24-20(19)13-15)23(27)25-10-8-18(9-11-25)22(26)17-6-4-3-5-7-17/h3-7,12-14,18,24H,8-11H2,1-2H3. The molecule has 2 heterocycles. The summed E-state index contributed by atoms with van der Waals surface area (Å²) in [5, 5.41) is 1.10. The first-order valence-electron chi connectivity index (χ1n) is 9.51. The smallest absolute Gasteiger partial charge is 0.270 e. The van der Waals surface area contributed by atoms with Gasteiger partial charge in [-0.25, -0.2) is 0 Å². The van der Waals surface area contributed by atoms with Crippen LogP contribution in [0, 0.1) is 19.8 Å². The number of carbonyl (C=O) groups is 2. The van der Waals surface area contributed by atoms with Crippen molar-refractivity contribution in [1.82, 2.24) is 9.88 Å². The number of piperidine rings is 1. The summed E-state index contributed by atoms with van der Waals surface area (Å²) in [6.07, 6.45) is 1.44. The highest BCUT2D eigenvalue weighted by molar-refractivity contribution is 6.00. The van der Waals surface area contributed by atoms with Crippen molar-refractivity contribution >= 4 is 22.6 Å². The predicted molar refractivity (Wildman–Crippen MR) is 107 cm³/mol. The fourth-order valence-corrected chi connectivity index (χ4v) is 4.07. The first kappa shape index (κ1) is 17.5. The third-order valence-corrected chi connectivity index (χ3v) is 5.53. The lowest BCUT2D eigenvalue weighted by Gasteiger charge is -2.31. The van der Waals surface area contributed by atoms with Crippen molar-refractivity contribution in [2.75, 3.05) is 13.1 Å². The van der Waals surface area contributed by atoms with E-state index in [9.17, 15) is 9.59 Å². The van der Waals surface area contributed by atoms with Crippen molar-refractivity contribution in [1.29, 1.82) is 0 Å². The van der Waals surface area contributed by atoms with Crippen molar-refractivity contribution in [3.05, 3.63) is 70.9 Å². The Morgan fingerprint density at radius 2 is 1.70 bits per heavy atom. The Bertz CT molecular complexity index is 996. The minimum absolute atomic E-state index is 0.00376. The molecule has 1 N–H and O–H groups in total. The number of likely N-dealkylation sites (tertiary alicyclic amines) is 1. The maximum Gasteiger partial charge on any atom is 0.270 e. The van der Waals surface area contributed by atoms with E-state index < -0.39 is 0 Å². The number of rotatable bonds is 3. The molecule has 138 valence electrons. The average Bonchev–Trinajstić information content (AvgIpc) is 3.12. The molecule has 1 saturated heterocycles. The van der Waals surface area contributed by atoms with Gasteiger partial charge < -0.3 is 9.88 Å². The molecular weight excluding hydrogens is 336 g/mol. The molecule has 0 saturated carbocycles. The van der Waals surface area contributed by atoms with Crippen LogP contribution in [0.25, 0.3) is 10.9 Å². The number of hydrogen-bond acceptors (Lipinski definition) is 2. The normalized spacial score (nSPS) is 15.3. The van der Waals surface area contributed by atoms with Crippen LogP contribution in [0.1, 0.15) is 44.8 Å². The van der Waals surface area contributed by atoms with E-state index in [1.807, 2.05) is 41.3 Å². The molecule has 27 heavy (non-hydrogen) atoms. The average molecular weight is 360 g/mol. The lowest BCUT2D eigenvalue weighted by Crippen LogP contribution is -2.40. The van der Waals surface area contributed by atoms with Gasteiger partial charge in [0.1, 0.15) is 5.69 Å². The summed E-state index contributed by atoms with van der Waals surface area (Å²) in [6, 6.07) is 15.6. The van der Waals surface area contributed by atoms with E-state index in [-0.39, 0.29) is 17.6 Å². The summed E-state index contributed by atoms with van der Waals surface area (Å²) >= 11 is 0. The van der Waals surface area contributed by atoms with Crippen LogP contribution in [-0.4, -0.2) is 34.7 Å². The SMILES string of the molecule is Cc1cc(C)c2cc(C(=O)N3CCC(C(=O)c4ccccc4)CC3)[nH]c2c1. The van der Waals surface area contributed by atoms with Gasteiger partial charge in [0.05, 0.1) is 0 Å². The molecule has 1 aliphatic rings. The molecule has 2 aromatic carbocycles. The number of aromatic amines is 1. The minimum Gasteiger partial charge on any atom is -0.351 e. The third-order valence-electron chi connectivity index (χ3n) is 5.53. The molecule has 0 spiro atoms. The molecule has 0 bridgehead atoms. The van der Waals surface area contributed by atoms with Crippen LogP contribution in [0.15, 0.2) is 48.5 Å². The second-order valence-corrected chi connectivity index (χ2v) is 7.52. The van der Waals surface area contributed by atoms with E-state index in [1.54, 1.807) is 0 Å². The number of aryl methyl sites for hydroxylation is 2.